The minimum Gasteiger partial charge on any atom is -0.341 e. The molecule has 29 heavy (non-hydrogen) atoms. The second-order valence-corrected chi connectivity index (χ2v) is 7.88. The SMILES string of the molecule is CC(C)(NC(=O)c1nc2c(NC(=O)c3ccccn3)n[nH]c2s1)c1ccccc1. The van der Waals surface area contributed by atoms with E-state index < -0.39 is 11.4 Å². The van der Waals surface area contributed by atoms with Crippen molar-refractivity contribution in [1.29, 1.82) is 0 Å². The van der Waals surface area contributed by atoms with E-state index in [2.05, 4.69) is 30.8 Å². The number of H-pyrrole nitrogens is 1. The third kappa shape index (κ3) is 3.85. The van der Waals surface area contributed by atoms with E-state index in [1.54, 1.807) is 18.2 Å². The number of hydrogen-bond donors (Lipinski definition) is 3. The first kappa shape index (κ1) is 18.8. The topological polar surface area (TPSA) is 113 Å². The fraction of sp³-hybridized carbons (Fsp3) is 0.150. The molecular weight excluding hydrogens is 388 g/mol. The zero-order valence-electron chi connectivity index (χ0n) is 15.8. The zero-order valence-corrected chi connectivity index (χ0v) is 16.6. The maximum absolute atomic E-state index is 12.8. The maximum Gasteiger partial charge on any atom is 0.281 e. The van der Waals surface area contributed by atoms with Gasteiger partial charge in [0.05, 0.1) is 5.54 Å². The number of carbonyl (C=O) groups is 2. The molecule has 0 saturated heterocycles. The number of pyridine rings is 1. The molecule has 0 fully saturated rings. The van der Waals surface area contributed by atoms with Crippen molar-refractivity contribution in [1.82, 2.24) is 25.5 Å². The molecule has 0 atom stereocenters. The number of aromatic amines is 1. The van der Waals surface area contributed by atoms with Crippen LogP contribution < -0.4 is 10.6 Å². The van der Waals surface area contributed by atoms with E-state index >= 15 is 0 Å². The molecule has 8 nitrogen and oxygen atoms in total. The number of nitrogens with one attached hydrogen (secondary N) is 3. The van der Waals surface area contributed by atoms with Gasteiger partial charge in [0.2, 0.25) is 0 Å². The summed E-state index contributed by atoms with van der Waals surface area (Å²) in [4.78, 5) is 34.1. The number of anilines is 1. The van der Waals surface area contributed by atoms with Crippen molar-refractivity contribution in [2.45, 2.75) is 19.4 Å². The molecule has 0 aliphatic carbocycles. The van der Waals surface area contributed by atoms with E-state index in [1.165, 1.54) is 17.5 Å². The molecule has 4 aromatic rings. The first-order chi connectivity index (χ1) is 13.9. The van der Waals surface area contributed by atoms with Gasteiger partial charge < -0.3 is 10.6 Å². The van der Waals surface area contributed by atoms with E-state index in [4.69, 9.17) is 0 Å². The highest BCUT2D eigenvalue weighted by atomic mass is 32.1. The summed E-state index contributed by atoms with van der Waals surface area (Å²) < 4.78 is 0. The smallest absolute Gasteiger partial charge is 0.281 e. The van der Waals surface area contributed by atoms with Gasteiger partial charge >= 0.3 is 0 Å². The van der Waals surface area contributed by atoms with E-state index in [-0.39, 0.29) is 22.4 Å². The number of carbonyl (C=O) groups excluding carboxylic acids is 2. The third-order valence-electron chi connectivity index (χ3n) is 4.37. The minimum atomic E-state index is -0.563. The summed E-state index contributed by atoms with van der Waals surface area (Å²) in [7, 11) is 0. The monoisotopic (exact) mass is 406 g/mol. The molecule has 2 amide bonds. The summed E-state index contributed by atoms with van der Waals surface area (Å²) in [5.41, 5.74) is 1.12. The molecule has 0 unspecified atom stereocenters. The van der Waals surface area contributed by atoms with Crippen LogP contribution in [0.25, 0.3) is 10.3 Å². The van der Waals surface area contributed by atoms with Gasteiger partial charge in [-0.3, -0.25) is 19.7 Å². The minimum absolute atomic E-state index is 0.258. The highest BCUT2D eigenvalue weighted by Crippen LogP contribution is 2.27. The molecule has 0 aliphatic heterocycles. The molecule has 146 valence electrons. The molecule has 0 saturated carbocycles. The predicted octanol–water partition coefficient (Wildman–Crippen LogP) is 3.33. The lowest BCUT2D eigenvalue weighted by Crippen LogP contribution is -2.40. The van der Waals surface area contributed by atoms with Crippen LogP contribution in [-0.4, -0.2) is 32.0 Å². The number of aromatic nitrogens is 4. The average Bonchev–Trinajstić information content (AvgIpc) is 3.31. The number of rotatable bonds is 5. The van der Waals surface area contributed by atoms with Crippen LogP contribution in [0.1, 0.15) is 39.7 Å². The van der Waals surface area contributed by atoms with Gasteiger partial charge in [0.15, 0.2) is 10.8 Å². The lowest BCUT2D eigenvalue weighted by Gasteiger charge is -2.26. The standard InChI is InChI=1S/C20H18N6O2S/c1-20(2,12-8-4-3-5-9-12)24-17(28)19-22-14-15(25-26-18(14)29-19)23-16(27)13-10-6-7-11-21-13/h3-11H,1-2H3,(H,24,28)(H2,23,25,26,27). The van der Waals surface area contributed by atoms with Gasteiger partial charge in [0, 0.05) is 6.20 Å². The van der Waals surface area contributed by atoms with E-state index in [0.29, 0.717) is 10.3 Å². The van der Waals surface area contributed by atoms with Crippen LogP contribution >= 0.6 is 11.3 Å². The molecule has 0 radical (unpaired) electrons. The lowest BCUT2D eigenvalue weighted by atomic mass is 9.94. The van der Waals surface area contributed by atoms with Gasteiger partial charge in [-0.1, -0.05) is 47.7 Å². The van der Waals surface area contributed by atoms with Crippen LogP contribution in [0, 0.1) is 0 Å². The van der Waals surface area contributed by atoms with Crippen LogP contribution in [0.15, 0.2) is 54.7 Å². The lowest BCUT2D eigenvalue weighted by molar-refractivity contribution is 0.0911. The van der Waals surface area contributed by atoms with Gasteiger partial charge in [-0.05, 0) is 31.5 Å². The second-order valence-electron chi connectivity index (χ2n) is 6.88. The summed E-state index contributed by atoms with van der Waals surface area (Å²) in [6.45, 7) is 3.86. The second kappa shape index (κ2) is 7.44. The van der Waals surface area contributed by atoms with Crippen molar-refractivity contribution in [2.75, 3.05) is 5.32 Å². The molecule has 0 spiro atoms. The molecule has 0 aliphatic rings. The summed E-state index contributed by atoms with van der Waals surface area (Å²) in [6.07, 6.45) is 1.54. The van der Waals surface area contributed by atoms with E-state index in [0.717, 1.165) is 5.56 Å². The number of benzene rings is 1. The highest BCUT2D eigenvalue weighted by Gasteiger charge is 2.26. The largest absolute Gasteiger partial charge is 0.341 e. The Balaban J connectivity index is 1.54. The predicted molar refractivity (Wildman–Crippen MR) is 111 cm³/mol. The van der Waals surface area contributed by atoms with Gasteiger partial charge in [-0.15, -0.1) is 0 Å². The number of amides is 2. The summed E-state index contributed by atoms with van der Waals surface area (Å²) in [6, 6.07) is 14.8. The Morgan fingerprint density at radius 3 is 2.52 bits per heavy atom. The van der Waals surface area contributed by atoms with Crippen molar-refractivity contribution >= 4 is 39.3 Å². The molecule has 0 bridgehead atoms. The molecule has 4 rings (SSSR count). The summed E-state index contributed by atoms with van der Waals surface area (Å²) in [5, 5.41) is 12.8. The van der Waals surface area contributed by atoms with E-state index in [1.807, 2.05) is 44.2 Å². The maximum atomic E-state index is 12.8. The molecular formula is C20H18N6O2S. The van der Waals surface area contributed by atoms with Gasteiger partial charge in [0.25, 0.3) is 11.8 Å². The quantitative estimate of drug-likeness (QED) is 0.471. The number of hydrogen-bond acceptors (Lipinski definition) is 6. The molecule has 3 N–H and O–H groups in total. The van der Waals surface area contributed by atoms with E-state index in [9.17, 15) is 9.59 Å². The first-order valence-corrected chi connectivity index (χ1v) is 9.71. The third-order valence-corrected chi connectivity index (χ3v) is 5.32. The van der Waals surface area contributed by atoms with Crippen LogP contribution in [0.4, 0.5) is 5.82 Å². The van der Waals surface area contributed by atoms with Crippen LogP contribution in [-0.2, 0) is 5.54 Å². The fourth-order valence-corrected chi connectivity index (χ4v) is 3.64. The molecule has 3 aromatic heterocycles. The van der Waals surface area contributed by atoms with Crippen molar-refractivity contribution in [3.8, 4) is 0 Å². The Morgan fingerprint density at radius 1 is 1.03 bits per heavy atom. The molecule has 1 aromatic carbocycles. The van der Waals surface area contributed by atoms with Crippen LogP contribution in [0.2, 0.25) is 0 Å². The number of nitrogens with zero attached hydrogens (tertiary/aromatic N) is 3. The van der Waals surface area contributed by atoms with Gasteiger partial charge in [0.1, 0.15) is 16.0 Å². The van der Waals surface area contributed by atoms with Crippen molar-refractivity contribution in [3.05, 3.63) is 71.0 Å². The highest BCUT2D eigenvalue weighted by molar-refractivity contribution is 7.20. The summed E-state index contributed by atoms with van der Waals surface area (Å²) in [5.74, 6) is -0.438. The van der Waals surface area contributed by atoms with Crippen LogP contribution in [0.3, 0.4) is 0 Å². The van der Waals surface area contributed by atoms with Crippen LogP contribution in [0.5, 0.6) is 0 Å². The van der Waals surface area contributed by atoms with Gasteiger partial charge in [-0.2, -0.15) is 5.10 Å². The average molecular weight is 406 g/mol. The Bertz CT molecular complexity index is 1170. The summed E-state index contributed by atoms with van der Waals surface area (Å²) >= 11 is 1.18. The Labute approximate surface area is 170 Å². The Morgan fingerprint density at radius 2 is 1.79 bits per heavy atom. The van der Waals surface area contributed by atoms with Crippen molar-refractivity contribution in [3.63, 3.8) is 0 Å². The van der Waals surface area contributed by atoms with Gasteiger partial charge in [-0.25, -0.2) is 4.98 Å². The first-order valence-electron chi connectivity index (χ1n) is 8.89. The fourth-order valence-electron chi connectivity index (χ4n) is 2.83. The Hall–Kier alpha value is -3.59. The number of fused-ring (bicyclic) bond motifs is 1. The Kier molecular flexibility index (Phi) is 4.81. The normalized spacial score (nSPS) is 11.4. The van der Waals surface area contributed by atoms with Crippen molar-refractivity contribution in [2.24, 2.45) is 0 Å². The molecule has 9 heteroatoms. The molecule has 3 heterocycles. The van der Waals surface area contributed by atoms with Crippen molar-refractivity contribution < 1.29 is 9.59 Å². The number of thiazole rings is 1. The zero-order chi connectivity index (χ0) is 20.4.